The van der Waals surface area contributed by atoms with Gasteiger partial charge in [0.25, 0.3) is 8.32 Å². The van der Waals surface area contributed by atoms with Crippen molar-refractivity contribution in [3.63, 3.8) is 0 Å². The second kappa shape index (κ2) is 10.00. The first-order valence-electron chi connectivity index (χ1n) is 11.9. The Morgan fingerprint density at radius 3 is 1.91 bits per heavy atom. The number of amides is 1. The summed E-state index contributed by atoms with van der Waals surface area (Å²) in [6, 6.07) is 20.7. The lowest BCUT2D eigenvalue weighted by molar-refractivity contribution is -0.0746. The summed E-state index contributed by atoms with van der Waals surface area (Å²) in [5, 5.41) is 13.0. The highest BCUT2D eigenvalue weighted by atomic mass is 28.4. The summed E-state index contributed by atoms with van der Waals surface area (Å²) >= 11 is 0. The van der Waals surface area contributed by atoms with E-state index >= 15 is 0 Å². The monoisotopic (exact) mass is 469 g/mol. The van der Waals surface area contributed by atoms with Crippen LogP contribution in [0.4, 0.5) is 4.79 Å². The first kappa shape index (κ1) is 25.5. The summed E-state index contributed by atoms with van der Waals surface area (Å²) in [6.45, 7) is 12.6. The summed E-state index contributed by atoms with van der Waals surface area (Å²) in [4.78, 5) is 14.5. The van der Waals surface area contributed by atoms with Gasteiger partial charge >= 0.3 is 6.09 Å². The van der Waals surface area contributed by atoms with Crippen LogP contribution >= 0.6 is 0 Å². The van der Waals surface area contributed by atoms with Gasteiger partial charge in [-0.3, -0.25) is 4.90 Å². The third-order valence-electron chi connectivity index (χ3n) is 6.23. The highest BCUT2D eigenvalue weighted by Gasteiger charge is 2.51. The molecule has 0 aromatic heterocycles. The minimum Gasteiger partial charge on any atom is -0.444 e. The quantitative estimate of drug-likeness (QED) is 0.647. The van der Waals surface area contributed by atoms with Gasteiger partial charge in [0.15, 0.2) is 0 Å². The fourth-order valence-electron chi connectivity index (χ4n) is 4.79. The SMILES string of the molecule is CC(C)(C)OC(=O)N1C(O)CCCC1CO[Si](c1ccccc1)(c1ccccc1)C(C)(C)C. The molecule has 5 nitrogen and oxygen atoms in total. The lowest BCUT2D eigenvalue weighted by Gasteiger charge is -2.46. The summed E-state index contributed by atoms with van der Waals surface area (Å²) < 4.78 is 12.7. The van der Waals surface area contributed by atoms with Gasteiger partial charge in [0, 0.05) is 0 Å². The first-order valence-corrected chi connectivity index (χ1v) is 13.8. The number of piperidine rings is 1. The van der Waals surface area contributed by atoms with E-state index in [0.717, 1.165) is 12.8 Å². The number of aliphatic hydroxyl groups excluding tert-OH is 1. The van der Waals surface area contributed by atoms with Crippen molar-refractivity contribution < 1.29 is 19.1 Å². The van der Waals surface area contributed by atoms with E-state index in [1.807, 2.05) is 32.9 Å². The van der Waals surface area contributed by atoms with Crippen LogP contribution in [0.15, 0.2) is 60.7 Å². The third kappa shape index (κ3) is 5.68. The van der Waals surface area contributed by atoms with Gasteiger partial charge in [-0.2, -0.15) is 0 Å². The predicted molar refractivity (Wildman–Crippen MR) is 135 cm³/mol. The van der Waals surface area contributed by atoms with E-state index in [2.05, 4.69) is 69.3 Å². The lowest BCUT2D eigenvalue weighted by Crippen LogP contribution is -2.67. The van der Waals surface area contributed by atoms with Crippen molar-refractivity contribution in [1.29, 1.82) is 0 Å². The van der Waals surface area contributed by atoms with E-state index in [9.17, 15) is 9.90 Å². The normalized spacial score (nSPS) is 19.9. The number of rotatable bonds is 5. The molecule has 180 valence electrons. The van der Waals surface area contributed by atoms with Crippen molar-refractivity contribution in [2.75, 3.05) is 6.61 Å². The summed E-state index contributed by atoms with van der Waals surface area (Å²) in [6.07, 6.45) is 0.825. The van der Waals surface area contributed by atoms with Gasteiger partial charge in [-0.15, -0.1) is 0 Å². The second-order valence-electron chi connectivity index (χ2n) is 10.9. The van der Waals surface area contributed by atoms with Crippen molar-refractivity contribution in [2.24, 2.45) is 0 Å². The molecule has 0 spiro atoms. The van der Waals surface area contributed by atoms with Crippen LogP contribution in [0.25, 0.3) is 0 Å². The predicted octanol–water partition coefficient (Wildman–Crippen LogP) is 4.67. The molecule has 1 N–H and O–H groups in total. The van der Waals surface area contributed by atoms with Gasteiger partial charge in [0.1, 0.15) is 11.8 Å². The van der Waals surface area contributed by atoms with Gasteiger partial charge < -0.3 is 14.3 Å². The molecule has 0 saturated carbocycles. The van der Waals surface area contributed by atoms with Crippen LogP contribution < -0.4 is 10.4 Å². The van der Waals surface area contributed by atoms with Crippen LogP contribution in [0.3, 0.4) is 0 Å². The summed E-state index contributed by atoms with van der Waals surface area (Å²) in [5.41, 5.74) is -0.627. The number of ether oxygens (including phenoxy) is 1. The average Bonchev–Trinajstić information content (AvgIpc) is 2.73. The Kier molecular flexibility index (Phi) is 7.71. The number of carbonyl (C=O) groups is 1. The highest BCUT2D eigenvalue weighted by Crippen LogP contribution is 2.37. The Balaban J connectivity index is 1.99. The molecule has 1 aliphatic heterocycles. The molecular weight excluding hydrogens is 430 g/mol. The molecule has 2 aromatic carbocycles. The van der Waals surface area contributed by atoms with Crippen molar-refractivity contribution >= 4 is 24.8 Å². The number of hydrogen-bond donors (Lipinski definition) is 1. The van der Waals surface area contributed by atoms with Crippen molar-refractivity contribution in [1.82, 2.24) is 4.90 Å². The molecule has 0 bridgehead atoms. The average molecular weight is 470 g/mol. The highest BCUT2D eigenvalue weighted by molar-refractivity contribution is 6.99. The van der Waals surface area contributed by atoms with E-state index in [4.69, 9.17) is 9.16 Å². The Morgan fingerprint density at radius 1 is 0.939 bits per heavy atom. The number of carbonyl (C=O) groups excluding carboxylic acids is 1. The van der Waals surface area contributed by atoms with Gasteiger partial charge in [0.2, 0.25) is 0 Å². The summed E-state index contributed by atoms with van der Waals surface area (Å²) in [7, 11) is -2.73. The first-order chi connectivity index (χ1) is 15.5. The molecular formula is C27H39NO4Si. The second-order valence-corrected chi connectivity index (χ2v) is 15.2. The number of likely N-dealkylation sites (tertiary alicyclic amines) is 1. The minimum atomic E-state index is -2.73. The van der Waals surface area contributed by atoms with E-state index < -0.39 is 26.2 Å². The van der Waals surface area contributed by atoms with Gasteiger partial charge in [-0.25, -0.2) is 4.79 Å². The maximum atomic E-state index is 13.0. The van der Waals surface area contributed by atoms with Crippen molar-refractivity contribution in [3.8, 4) is 0 Å². The number of benzene rings is 2. The van der Waals surface area contributed by atoms with Crippen molar-refractivity contribution in [3.05, 3.63) is 60.7 Å². The minimum absolute atomic E-state index is 0.153. The molecule has 2 atom stereocenters. The van der Waals surface area contributed by atoms with E-state index in [0.29, 0.717) is 13.0 Å². The van der Waals surface area contributed by atoms with E-state index in [-0.39, 0.29) is 11.1 Å². The number of hydrogen-bond acceptors (Lipinski definition) is 4. The molecule has 1 saturated heterocycles. The number of aliphatic hydroxyl groups is 1. The van der Waals surface area contributed by atoms with Crippen LogP contribution in [-0.4, -0.2) is 48.9 Å². The Labute approximate surface area is 199 Å². The third-order valence-corrected chi connectivity index (χ3v) is 11.2. The fourth-order valence-corrected chi connectivity index (χ4v) is 9.39. The lowest BCUT2D eigenvalue weighted by atomic mass is 10.0. The zero-order chi connectivity index (χ0) is 24.3. The standard InChI is InChI=1S/C27H39NO4Si/c1-26(2,3)32-25(30)28-21(14-13-19-24(28)29)20-31-33(27(4,5)6,22-15-9-7-10-16-22)23-17-11-8-12-18-23/h7-12,15-18,21,24,29H,13-14,19-20H2,1-6H3. The molecule has 1 fully saturated rings. The molecule has 0 aliphatic carbocycles. The van der Waals surface area contributed by atoms with Crippen LogP contribution in [0.1, 0.15) is 60.8 Å². The van der Waals surface area contributed by atoms with Crippen LogP contribution in [0.2, 0.25) is 5.04 Å². The Morgan fingerprint density at radius 2 is 1.45 bits per heavy atom. The fraction of sp³-hybridized carbons (Fsp3) is 0.519. The van der Waals surface area contributed by atoms with Gasteiger partial charge in [-0.1, -0.05) is 81.4 Å². The van der Waals surface area contributed by atoms with Gasteiger partial charge in [0.05, 0.1) is 12.6 Å². The molecule has 3 rings (SSSR count). The maximum Gasteiger partial charge on any atom is 0.412 e. The molecule has 2 aromatic rings. The van der Waals surface area contributed by atoms with Gasteiger partial charge in [-0.05, 0) is 55.4 Å². The largest absolute Gasteiger partial charge is 0.444 e. The van der Waals surface area contributed by atoms with E-state index in [1.54, 1.807) is 0 Å². The molecule has 1 heterocycles. The Hall–Kier alpha value is -2.15. The topological polar surface area (TPSA) is 59.0 Å². The van der Waals surface area contributed by atoms with Crippen LogP contribution in [0, 0.1) is 0 Å². The molecule has 2 unspecified atom stereocenters. The zero-order valence-electron chi connectivity index (χ0n) is 20.9. The summed E-state index contributed by atoms with van der Waals surface area (Å²) in [5.74, 6) is 0. The molecule has 0 radical (unpaired) electrons. The Bertz CT molecular complexity index is 866. The zero-order valence-corrected chi connectivity index (χ0v) is 21.9. The molecule has 1 amide bonds. The smallest absolute Gasteiger partial charge is 0.412 e. The van der Waals surface area contributed by atoms with Crippen LogP contribution in [0.5, 0.6) is 0 Å². The van der Waals surface area contributed by atoms with E-state index in [1.165, 1.54) is 15.3 Å². The molecule has 1 aliphatic rings. The van der Waals surface area contributed by atoms with Crippen LogP contribution in [-0.2, 0) is 9.16 Å². The molecule has 6 heteroatoms. The maximum absolute atomic E-state index is 13.0. The van der Waals surface area contributed by atoms with Crippen molar-refractivity contribution in [2.45, 2.75) is 83.7 Å². The molecule has 33 heavy (non-hydrogen) atoms. The number of nitrogens with zero attached hydrogens (tertiary/aromatic N) is 1.